The number of pyridine rings is 1. The molecule has 5 nitrogen and oxygen atoms in total. The first-order chi connectivity index (χ1) is 14.5. The molecule has 1 unspecified atom stereocenters. The third-order valence-electron chi connectivity index (χ3n) is 4.98. The van der Waals surface area contributed by atoms with E-state index in [2.05, 4.69) is 24.1 Å². The van der Waals surface area contributed by atoms with Gasteiger partial charge in [-0.3, -0.25) is 9.78 Å². The molecular weight excluding hydrogens is 376 g/mol. The number of benzene rings is 2. The lowest BCUT2D eigenvalue weighted by atomic mass is 9.95. The van der Waals surface area contributed by atoms with Gasteiger partial charge in [0.1, 0.15) is 0 Å². The van der Waals surface area contributed by atoms with Crippen LogP contribution >= 0.6 is 0 Å². The second kappa shape index (κ2) is 10.1. The van der Waals surface area contributed by atoms with E-state index < -0.39 is 0 Å². The summed E-state index contributed by atoms with van der Waals surface area (Å²) >= 11 is 0. The zero-order valence-electron chi connectivity index (χ0n) is 18.1. The predicted molar refractivity (Wildman–Crippen MR) is 120 cm³/mol. The minimum absolute atomic E-state index is 0.0290. The molecule has 1 atom stereocenters. The summed E-state index contributed by atoms with van der Waals surface area (Å²) in [4.78, 5) is 17.4. The molecule has 2 aromatic carbocycles. The van der Waals surface area contributed by atoms with E-state index in [9.17, 15) is 4.79 Å². The third-order valence-corrected chi connectivity index (χ3v) is 4.98. The molecule has 1 aromatic heterocycles. The summed E-state index contributed by atoms with van der Waals surface area (Å²) in [5.41, 5.74) is 2.80. The van der Waals surface area contributed by atoms with Gasteiger partial charge in [0.05, 0.1) is 31.2 Å². The Morgan fingerprint density at radius 3 is 2.47 bits per heavy atom. The maximum atomic E-state index is 12.9. The van der Waals surface area contributed by atoms with Crippen molar-refractivity contribution in [3.8, 4) is 11.5 Å². The Morgan fingerprint density at radius 1 is 1.00 bits per heavy atom. The van der Waals surface area contributed by atoms with Gasteiger partial charge in [-0.05, 0) is 49.1 Å². The number of carbonyl (C=O) groups is 1. The summed E-state index contributed by atoms with van der Waals surface area (Å²) in [5.74, 6) is 1.61. The molecule has 0 fully saturated rings. The van der Waals surface area contributed by atoms with Crippen LogP contribution in [-0.4, -0.2) is 24.1 Å². The molecule has 5 heteroatoms. The van der Waals surface area contributed by atoms with Crippen molar-refractivity contribution in [2.75, 3.05) is 13.2 Å². The highest BCUT2D eigenvalue weighted by atomic mass is 16.5. The van der Waals surface area contributed by atoms with Gasteiger partial charge in [-0.1, -0.05) is 44.2 Å². The van der Waals surface area contributed by atoms with E-state index in [0.717, 1.165) is 27.8 Å². The van der Waals surface area contributed by atoms with Crippen molar-refractivity contribution >= 4 is 16.8 Å². The molecule has 3 rings (SSSR count). The van der Waals surface area contributed by atoms with Gasteiger partial charge in [0, 0.05) is 11.6 Å². The lowest BCUT2D eigenvalue weighted by Crippen LogP contribution is -2.33. The van der Waals surface area contributed by atoms with Crippen molar-refractivity contribution in [2.24, 2.45) is 5.92 Å². The van der Waals surface area contributed by atoms with E-state index in [1.165, 1.54) is 0 Å². The molecule has 1 amide bonds. The van der Waals surface area contributed by atoms with Crippen LogP contribution in [0.4, 0.5) is 0 Å². The Hall–Kier alpha value is -3.08. The Balaban J connectivity index is 1.81. The molecule has 3 aromatic rings. The van der Waals surface area contributed by atoms with Gasteiger partial charge in [0.2, 0.25) is 5.91 Å². The minimum Gasteiger partial charge on any atom is -0.490 e. The monoisotopic (exact) mass is 406 g/mol. The molecule has 1 N–H and O–H groups in total. The fraction of sp³-hybridized carbons (Fsp3) is 0.360. The van der Waals surface area contributed by atoms with E-state index in [4.69, 9.17) is 9.47 Å². The van der Waals surface area contributed by atoms with Crippen molar-refractivity contribution < 1.29 is 14.3 Å². The number of ether oxygens (including phenoxy) is 2. The Bertz CT molecular complexity index is 995. The predicted octanol–water partition coefficient (Wildman–Crippen LogP) is 5.09. The summed E-state index contributed by atoms with van der Waals surface area (Å²) in [5, 5.41) is 4.24. The zero-order chi connectivity index (χ0) is 21.5. The van der Waals surface area contributed by atoms with Crippen molar-refractivity contribution in [2.45, 2.75) is 40.2 Å². The van der Waals surface area contributed by atoms with Gasteiger partial charge in [0.25, 0.3) is 0 Å². The minimum atomic E-state index is -0.129. The topological polar surface area (TPSA) is 60.5 Å². The fourth-order valence-corrected chi connectivity index (χ4v) is 3.60. The van der Waals surface area contributed by atoms with E-state index in [1.54, 1.807) is 6.20 Å². The van der Waals surface area contributed by atoms with Crippen LogP contribution in [0, 0.1) is 5.92 Å². The average Bonchev–Trinajstić information content (AvgIpc) is 2.74. The molecule has 0 aliphatic carbocycles. The number of hydrogen-bond donors (Lipinski definition) is 1. The molecule has 0 spiro atoms. The highest BCUT2D eigenvalue weighted by Gasteiger charge is 2.21. The molecule has 30 heavy (non-hydrogen) atoms. The Labute approximate surface area is 178 Å². The SMILES string of the molecule is CCOc1ccc(C(NC(=O)Cc2cccc3cccnc23)C(C)C)cc1OCC. The summed E-state index contributed by atoms with van der Waals surface area (Å²) in [6.07, 6.45) is 2.04. The van der Waals surface area contributed by atoms with Crippen molar-refractivity contribution in [1.29, 1.82) is 0 Å². The molecular formula is C25H30N2O3. The normalized spacial score (nSPS) is 12.0. The second-order valence-electron chi connectivity index (χ2n) is 7.53. The number of carbonyl (C=O) groups excluding carboxylic acids is 1. The quantitative estimate of drug-likeness (QED) is 0.538. The van der Waals surface area contributed by atoms with Crippen LogP contribution in [0.15, 0.2) is 54.7 Å². The van der Waals surface area contributed by atoms with E-state index >= 15 is 0 Å². The molecule has 0 radical (unpaired) electrons. The average molecular weight is 407 g/mol. The summed E-state index contributed by atoms with van der Waals surface area (Å²) in [7, 11) is 0. The van der Waals surface area contributed by atoms with Crippen LogP contribution in [0.2, 0.25) is 0 Å². The number of rotatable bonds is 9. The van der Waals surface area contributed by atoms with Crippen LogP contribution in [0.25, 0.3) is 10.9 Å². The number of amides is 1. The lowest BCUT2D eigenvalue weighted by Gasteiger charge is -2.24. The highest BCUT2D eigenvalue weighted by Crippen LogP contribution is 2.33. The van der Waals surface area contributed by atoms with Crippen LogP contribution in [0.3, 0.4) is 0 Å². The van der Waals surface area contributed by atoms with Crippen molar-refractivity contribution in [1.82, 2.24) is 10.3 Å². The smallest absolute Gasteiger partial charge is 0.224 e. The maximum absolute atomic E-state index is 12.9. The molecule has 0 aliphatic rings. The maximum Gasteiger partial charge on any atom is 0.224 e. The van der Waals surface area contributed by atoms with Crippen LogP contribution < -0.4 is 14.8 Å². The first-order valence-corrected chi connectivity index (χ1v) is 10.5. The molecule has 0 bridgehead atoms. The standard InChI is InChI=1S/C25H30N2O3/c1-5-29-21-13-12-20(15-22(21)30-6-2)24(17(3)4)27-23(28)16-19-10-7-9-18-11-8-14-26-25(18)19/h7-15,17,24H,5-6,16H2,1-4H3,(H,27,28). The summed E-state index contributed by atoms with van der Waals surface area (Å²) in [6, 6.07) is 15.6. The van der Waals surface area contributed by atoms with Gasteiger partial charge in [-0.2, -0.15) is 0 Å². The first-order valence-electron chi connectivity index (χ1n) is 10.5. The Kier molecular flexibility index (Phi) is 7.28. The molecule has 158 valence electrons. The van der Waals surface area contributed by atoms with Crippen LogP contribution in [0.1, 0.15) is 44.9 Å². The van der Waals surface area contributed by atoms with Crippen LogP contribution in [-0.2, 0) is 11.2 Å². The molecule has 0 saturated heterocycles. The molecule has 0 saturated carbocycles. The number of aromatic nitrogens is 1. The van der Waals surface area contributed by atoms with Gasteiger partial charge >= 0.3 is 0 Å². The van der Waals surface area contributed by atoms with Gasteiger partial charge < -0.3 is 14.8 Å². The second-order valence-corrected chi connectivity index (χ2v) is 7.53. The first kappa shape index (κ1) is 21.6. The summed E-state index contributed by atoms with van der Waals surface area (Å²) in [6.45, 7) is 9.22. The van der Waals surface area contributed by atoms with Gasteiger partial charge in [-0.25, -0.2) is 0 Å². The zero-order valence-corrected chi connectivity index (χ0v) is 18.1. The number of nitrogens with zero attached hydrogens (tertiary/aromatic N) is 1. The summed E-state index contributed by atoms with van der Waals surface area (Å²) < 4.78 is 11.4. The van der Waals surface area contributed by atoms with Crippen molar-refractivity contribution in [3.05, 3.63) is 65.9 Å². The van der Waals surface area contributed by atoms with E-state index in [0.29, 0.717) is 19.0 Å². The number of hydrogen-bond acceptors (Lipinski definition) is 4. The number of nitrogens with one attached hydrogen (secondary N) is 1. The Morgan fingerprint density at radius 2 is 1.73 bits per heavy atom. The molecule has 1 heterocycles. The lowest BCUT2D eigenvalue weighted by molar-refractivity contribution is -0.121. The van der Waals surface area contributed by atoms with Gasteiger partial charge in [0.15, 0.2) is 11.5 Å². The largest absolute Gasteiger partial charge is 0.490 e. The van der Waals surface area contributed by atoms with Crippen molar-refractivity contribution in [3.63, 3.8) is 0 Å². The third kappa shape index (κ3) is 5.09. The number of para-hydroxylation sites is 1. The van der Waals surface area contributed by atoms with E-state index in [-0.39, 0.29) is 24.3 Å². The number of fused-ring (bicyclic) bond motifs is 1. The fourth-order valence-electron chi connectivity index (χ4n) is 3.60. The highest BCUT2D eigenvalue weighted by molar-refractivity contribution is 5.87. The van der Waals surface area contributed by atoms with Gasteiger partial charge in [-0.15, -0.1) is 0 Å². The van der Waals surface area contributed by atoms with E-state index in [1.807, 2.05) is 62.4 Å². The van der Waals surface area contributed by atoms with Crippen LogP contribution in [0.5, 0.6) is 11.5 Å². The molecule has 0 aliphatic heterocycles.